The molecule has 0 aliphatic carbocycles. The quantitative estimate of drug-likeness (QED) is 0.526. The van der Waals surface area contributed by atoms with E-state index in [2.05, 4.69) is 5.48 Å². The molecule has 0 atom stereocenters. The highest BCUT2D eigenvalue weighted by Gasteiger charge is 2.04. The third-order valence-electron chi connectivity index (χ3n) is 2.04. The van der Waals surface area contributed by atoms with Crippen molar-refractivity contribution in [3.8, 4) is 11.5 Å². The summed E-state index contributed by atoms with van der Waals surface area (Å²) in [6.45, 7) is 0.279. The lowest BCUT2D eigenvalue weighted by atomic mass is 10.2. The standard InChI is InChI=1S/C11H16N2O4/c1-15-9-4-3-8(5-10(9)16-2)6-13-17-7-11(12)14/h3-5,13H,6-7H2,1-2H3,(H2,12,14). The second kappa shape index (κ2) is 6.72. The lowest BCUT2D eigenvalue weighted by Gasteiger charge is -2.10. The van der Waals surface area contributed by atoms with Crippen molar-refractivity contribution in [2.75, 3.05) is 20.8 Å². The molecule has 0 bridgehead atoms. The number of nitrogens with one attached hydrogen (secondary N) is 1. The van der Waals surface area contributed by atoms with Crippen molar-refractivity contribution in [2.24, 2.45) is 5.73 Å². The predicted octanol–water partition coefficient (Wildman–Crippen LogP) is 0.210. The first-order valence-corrected chi connectivity index (χ1v) is 5.01. The molecule has 6 heteroatoms. The van der Waals surface area contributed by atoms with Crippen molar-refractivity contribution in [1.82, 2.24) is 5.48 Å². The summed E-state index contributed by atoms with van der Waals surface area (Å²) in [6, 6.07) is 5.48. The zero-order chi connectivity index (χ0) is 12.7. The van der Waals surface area contributed by atoms with Crippen LogP contribution in [-0.2, 0) is 16.2 Å². The molecule has 17 heavy (non-hydrogen) atoms. The first-order valence-electron chi connectivity index (χ1n) is 5.01. The number of hydroxylamine groups is 1. The van der Waals surface area contributed by atoms with E-state index in [9.17, 15) is 4.79 Å². The second-order valence-corrected chi connectivity index (χ2v) is 3.27. The highest BCUT2D eigenvalue weighted by Crippen LogP contribution is 2.27. The number of carbonyl (C=O) groups excluding carboxylic acids is 1. The van der Waals surface area contributed by atoms with Crippen LogP contribution in [-0.4, -0.2) is 26.7 Å². The van der Waals surface area contributed by atoms with E-state index in [1.165, 1.54) is 0 Å². The van der Waals surface area contributed by atoms with Crippen LogP contribution in [0.15, 0.2) is 18.2 Å². The van der Waals surface area contributed by atoms with Crippen LogP contribution in [0.2, 0.25) is 0 Å². The number of primary amides is 1. The maximum absolute atomic E-state index is 10.4. The maximum Gasteiger partial charge on any atom is 0.245 e. The Morgan fingerprint density at radius 2 is 2.00 bits per heavy atom. The van der Waals surface area contributed by atoms with Gasteiger partial charge in [-0.25, -0.2) is 0 Å². The molecule has 0 aromatic heterocycles. The lowest BCUT2D eigenvalue weighted by molar-refractivity contribution is -0.125. The van der Waals surface area contributed by atoms with Crippen LogP contribution >= 0.6 is 0 Å². The maximum atomic E-state index is 10.4. The van der Waals surface area contributed by atoms with Crippen molar-refractivity contribution >= 4 is 5.91 Å². The summed E-state index contributed by atoms with van der Waals surface area (Å²) >= 11 is 0. The van der Waals surface area contributed by atoms with E-state index in [1.807, 2.05) is 12.1 Å². The molecule has 1 aromatic rings. The summed E-state index contributed by atoms with van der Waals surface area (Å²) in [4.78, 5) is 15.2. The summed E-state index contributed by atoms with van der Waals surface area (Å²) in [5.41, 5.74) is 8.48. The molecule has 0 aliphatic rings. The molecule has 0 aliphatic heterocycles. The summed E-state index contributed by atoms with van der Waals surface area (Å²) in [5, 5.41) is 0. The third kappa shape index (κ3) is 4.29. The van der Waals surface area contributed by atoms with Gasteiger partial charge in [0.15, 0.2) is 11.5 Å². The Morgan fingerprint density at radius 1 is 1.29 bits per heavy atom. The van der Waals surface area contributed by atoms with E-state index in [-0.39, 0.29) is 6.61 Å². The minimum Gasteiger partial charge on any atom is -0.493 e. The minimum atomic E-state index is -0.523. The van der Waals surface area contributed by atoms with Gasteiger partial charge in [0.2, 0.25) is 5.91 Å². The molecular weight excluding hydrogens is 224 g/mol. The average molecular weight is 240 g/mol. The molecule has 0 radical (unpaired) electrons. The van der Waals surface area contributed by atoms with Crippen molar-refractivity contribution in [3.05, 3.63) is 23.8 Å². The number of ether oxygens (including phenoxy) is 2. The molecule has 1 rings (SSSR count). The van der Waals surface area contributed by atoms with Crippen LogP contribution in [0.1, 0.15) is 5.56 Å². The smallest absolute Gasteiger partial charge is 0.245 e. The Balaban J connectivity index is 2.51. The molecule has 3 N–H and O–H groups in total. The molecule has 0 spiro atoms. The fourth-order valence-electron chi connectivity index (χ4n) is 1.25. The van der Waals surface area contributed by atoms with E-state index < -0.39 is 5.91 Å². The van der Waals surface area contributed by atoms with Crippen LogP contribution in [0.5, 0.6) is 11.5 Å². The zero-order valence-corrected chi connectivity index (χ0v) is 9.86. The first kappa shape index (κ1) is 13.3. The lowest BCUT2D eigenvalue weighted by Crippen LogP contribution is -2.24. The third-order valence-corrected chi connectivity index (χ3v) is 2.04. The fraction of sp³-hybridized carbons (Fsp3) is 0.364. The van der Waals surface area contributed by atoms with Gasteiger partial charge in [-0.2, -0.15) is 5.48 Å². The van der Waals surface area contributed by atoms with Gasteiger partial charge < -0.3 is 15.2 Å². The Kier molecular flexibility index (Phi) is 5.25. The van der Waals surface area contributed by atoms with Gasteiger partial charge >= 0.3 is 0 Å². The normalized spacial score (nSPS) is 10.0. The molecular formula is C11H16N2O4. The summed E-state index contributed by atoms with van der Waals surface area (Å²) in [7, 11) is 3.14. The Morgan fingerprint density at radius 3 is 2.59 bits per heavy atom. The second-order valence-electron chi connectivity index (χ2n) is 3.27. The number of rotatable bonds is 7. The Labute approximate surface area is 99.6 Å². The molecule has 1 amide bonds. The number of carbonyl (C=O) groups is 1. The van der Waals surface area contributed by atoms with E-state index in [0.717, 1.165) is 5.56 Å². The fourth-order valence-corrected chi connectivity index (χ4v) is 1.25. The van der Waals surface area contributed by atoms with Gasteiger partial charge in [-0.15, -0.1) is 0 Å². The number of nitrogens with two attached hydrogens (primary N) is 1. The molecule has 6 nitrogen and oxygen atoms in total. The molecule has 0 saturated heterocycles. The van der Waals surface area contributed by atoms with E-state index in [0.29, 0.717) is 18.0 Å². The van der Waals surface area contributed by atoms with Crippen LogP contribution in [0, 0.1) is 0 Å². The molecule has 0 saturated carbocycles. The van der Waals surface area contributed by atoms with Gasteiger partial charge in [-0.1, -0.05) is 6.07 Å². The largest absolute Gasteiger partial charge is 0.493 e. The van der Waals surface area contributed by atoms with Crippen LogP contribution < -0.4 is 20.7 Å². The minimum absolute atomic E-state index is 0.159. The predicted molar refractivity (Wildman–Crippen MR) is 61.5 cm³/mol. The van der Waals surface area contributed by atoms with E-state index >= 15 is 0 Å². The highest BCUT2D eigenvalue weighted by atomic mass is 16.6. The van der Waals surface area contributed by atoms with Crippen molar-refractivity contribution in [1.29, 1.82) is 0 Å². The topological polar surface area (TPSA) is 82.8 Å². The van der Waals surface area contributed by atoms with Crippen LogP contribution in [0.3, 0.4) is 0 Å². The van der Waals surface area contributed by atoms with Gasteiger partial charge in [0.1, 0.15) is 6.61 Å². The number of hydrogen-bond acceptors (Lipinski definition) is 5. The molecule has 94 valence electrons. The van der Waals surface area contributed by atoms with Crippen LogP contribution in [0.4, 0.5) is 0 Å². The Bertz CT molecular complexity index is 382. The van der Waals surface area contributed by atoms with Gasteiger partial charge in [-0.3, -0.25) is 9.63 Å². The van der Waals surface area contributed by atoms with E-state index in [4.69, 9.17) is 20.0 Å². The first-order chi connectivity index (χ1) is 8.17. The summed E-state index contributed by atoms with van der Waals surface area (Å²) in [6.07, 6.45) is 0. The monoisotopic (exact) mass is 240 g/mol. The highest BCUT2D eigenvalue weighted by molar-refractivity contribution is 5.74. The van der Waals surface area contributed by atoms with Gasteiger partial charge in [-0.05, 0) is 17.7 Å². The number of amides is 1. The summed E-state index contributed by atoms with van der Waals surface area (Å²) < 4.78 is 10.3. The van der Waals surface area contributed by atoms with Crippen molar-refractivity contribution in [2.45, 2.75) is 6.54 Å². The molecule has 0 heterocycles. The van der Waals surface area contributed by atoms with Gasteiger partial charge in [0, 0.05) is 6.54 Å². The van der Waals surface area contributed by atoms with Gasteiger partial charge in [0.25, 0.3) is 0 Å². The summed E-state index contributed by atoms with van der Waals surface area (Å²) in [5.74, 6) is 0.779. The molecule has 0 fully saturated rings. The SMILES string of the molecule is COc1ccc(CNOCC(N)=O)cc1OC. The van der Waals surface area contributed by atoms with Crippen molar-refractivity contribution < 1.29 is 19.1 Å². The number of methoxy groups -OCH3 is 2. The molecule has 0 unspecified atom stereocenters. The zero-order valence-electron chi connectivity index (χ0n) is 9.86. The van der Waals surface area contributed by atoms with Gasteiger partial charge in [0.05, 0.1) is 14.2 Å². The number of benzene rings is 1. The van der Waals surface area contributed by atoms with Crippen LogP contribution in [0.25, 0.3) is 0 Å². The average Bonchev–Trinajstić information content (AvgIpc) is 2.34. The van der Waals surface area contributed by atoms with Crippen molar-refractivity contribution in [3.63, 3.8) is 0 Å². The van der Waals surface area contributed by atoms with E-state index in [1.54, 1.807) is 20.3 Å². The molecule has 1 aromatic carbocycles. The Hall–Kier alpha value is -1.79. The number of hydrogen-bond donors (Lipinski definition) is 2.